The predicted molar refractivity (Wildman–Crippen MR) is 88.9 cm³/mol. The molecule has 3 aromatic rings. The minimum atomic E-state index is -3.83. The number of hydrogen-bond donors (Lipinski definition) is 1. The molecule has 0 saturated heterocycles. The van der Waals surface area contributed by atoms with Crippen LogP contribution in [-0.4, -0.2) is 31.8 Å². The maximum atomic E-state index is 12.4. The van der Waals surface area contributed by atoms with Crippen LogP contribution < -0.4 is 9.46 Å². The molecule has 9 heteroatoms. The Hall–Kier alpha value is -3.20. The van der Waals surface area contributed by atoms with Crippen LogP contribution in [0.1, 0.15) is 10.6 Å². The second-order valence-corrected chi connectivity index (χ2v) is 6.58. The van der Waals surface area contributed by atoms with Crippen molar-refractivity contribution in [1.82, 2.24) is 9.97 Å². The van der Waals surface area contributed by atoms with Crippen LogP contribution in [0.15, 0.2) is 58.1 Å². The first-order valence-corrected chi connectivity index (χ1v) is 8.54. The van der Waals surface area contributed by atoms with Gasteiger partial charge >= 0.3 is 0 Å². The average Bonchev–Trinajstić information content (AvgIpc) is 3.11. The number of aldehydes is 1. The van der Waals surface area contributed by atoms with E-state index in [1.54, 1.807) is 18.2 Å². The van der Waals surface area contributed by atoms with Crippen molar-refractivity contribution in [3.05, 3.63) is 54.6 Å². The van der Waals surface area contributed by atoms with Gasteiger partial charge in [-0.05, 0) is 36.4 Å². The monoisotopic (exact) mass is 359 g/mol. The normalized spacial score (nSPS) is 11.1. The SMILES string of the molecule is COc1cnc(NS(=O)(=O)c2ccc(-c3ccc(C=O)o3)cc2)nc1. The molecule has 3 rings (SSSR count). The molecule has 0 saturated carbocycles. The van der Waals surface area contributed by atoms with E-state index in [0.29, 0.717) is 23.4 Å². The number of benzene rings is 1. The molecule has 0 amide bonds. The molecule has 0 aliphatic heterocycles. The van der Waals surface area contributed by atoms with E-state index in [4.69, 9.17) is 9.15 Å². The van der Waals surface area contributed by atoms with Crippen molar-refractivity contribution in [3.63, 3.8) is 0 Å². The van der Waals surface area contributed by atoms with Crippen molar-refractivity contribution < 1.29 is 22.4 Å². The second-order valence-electron chi connectivity index (χ2n) is 4.90. The fraction of sp³-hybridized carbons (Fsp3) is 0.0625. The van der Waals surface area contributed by atoms with E-state index in [1.807, 2.05) is 0 Å². The van der Waals surface area contributed by atoms with E-state index in [0.717, 1.165) is 0 Å². The van der Waals surface area contributed by atoms with Crippen LogP contribution >= 0.6 is 0 Å². The van der Waals surface area contributed by atoms with Gasteiger partial charge in [-0.3, -0.25) is 4.79 Å². The Morgan fingerprint density at radius 1 is 1.08 bits per heavy atom. The van der Waals surface area contributed by atoms with Crippen molar-refractivity contribution in [2.45, 2.75) is 4.90 Å². The van der Waals surface area contributed by atoms with Gasteiger partial charge in [0, 0.05) is 5.56 Å². The quantitative estimate of drug-likeness (QED) is 0.672. The van der Waals surface area contributed by atoms with Crippen molar-refractivity contribution in [3.8, 4) is 17.1 Å². The van der Waals surface area contributed by atoms with E-state index in [9.17, 15) is 13.2 Å². The van der Waals surface area contributed by atoms with E-state index in [2.05, 4.69) is 14.7 Å². The number of nitrogens with zero attached hydrogens (tertiary/aromatic N) is 2. The number of furan rings is 1. The molecule has 0 fully saturated rings. The summed E-state index contributed by atoms with van der Waals surface area (Å²) in [7, 11) is -2.37. The summed E-state index contributed by atoms with van der Waals surface area (Å²) in [5, 5.41) is 0. The Morgan fingerprint density at radius 2 is 1.76 bits per heavy atom. The minimum absolute atomic E-state index is 0.0397. The predicted octanol–water partition coefficient (Wildman–Crippen LogP) is 2.36. The van der Waals surface area contributed by atoms with Crippen LogP contribution in [0.2, 0.25) is 0 Å². The molecule has 1 N–H and O–H groups in total. The Morgan fingerprint density at radius 3 is 2.32 bits per heavy atom. The number of hydrogen-bond acceptors (Lipinski definition) is 7. The van der Waals surface area contributed by atoms with Crippen LogP contribution in [0.25, 0.3) is 11.3 Å². The summed E-state index contributed by atoms with van der Waals surface area (Å²) < 4.78 is 37.2. The molecule has 0 bridgehead atoms. The molecule has 1 aromatic carbocycles. The largest absolute Gasteiger partial charge is 0.494 e. The number of anilines is 1. The lowest BCUT2D eigenvalue weighted by Gasteiger charge is -2.07. The molecule has 2 heterocycles. The Labute approximate surface area is 143 Å². The standard InChI is InChI=1S/C16H13N3O5S/c1-23-13-8-17-16(18-9-13)19-25(21,22)14-5-2-11(3-6-14)15-7-4-12(10-20)24-15/h2-10H,1H3,(H,17,18,19). The topological polar surface area (TPSA) is 111 Å². The van der Waals surface area contributed by atoms with Gasteiger partial charge in [0.2, 0.25) is 5.95 Å². The zero-order valence-electron chi connectivity index (χ0n) is 13.0. The molecule has 0 atom stereocenters. The number of rotatable bonds is 6. The molecule has 2 aromatic heterocycles. The van der Waals surface area contributed by atoms with Crippen molar-refractivity contribution in [2.75, 3.05) is 11.8 Å². The van der Waals surface area contributed by atoms with E-state index in [-0.39, 0.29) is 16.6 Å². The van der Waals surface area contributed by atoms with Gasteiger partial charge in [-0.25, -0.2) is 23.1 Å². The number of carbonyl (C=O) groups is 1. The molecule has 0 spiro atoms. The highest BCUT2D eigenvalue weighted by molar-refractivity contribution is 7.92. The Kier molecular flexibility index (Phi) is 4.48. The van der Waals surface area contributed by atoms with Crippen molar-refractivity contribution >= 4 is 22.3 Å². The molecule has 0 aliphatic carbocycles. The summed E-state index contributed by atoms with van der Waals surface area (Å²) in [6.07, 6.45) is 3.31. The van der Waals surface area contributed by atoms with Gasteiger partial charge < -0.3 is 9.15 Å². The van der Waals surface area contributed by atoms with Gasteiger partial charge in [-0.2, -0.15) is 0 Å². The number of nitrogens with one attached hydrogen (secondary N) is 1. The van der Waals surface area contributed by atoms with Gasteiger partial charge in [0.15, 0.2) is 17.8 Å². The van der Waals surface area contributed by atoms with Crippen LogP contribution in [0.5, 0.6) is 5.75 Å². The number of aromatic nitrogens is 2. The maximum absolute atomic E-state index is 12.4. The molecule has 0 unspecified atom stereocenters. The smallest absolute Gasteiger partial charge is 0.264 e. The summed E-state index contributed by atoms with van der Waals surface area (Å²) in [5.41, 5.74) is 0.646. The van der Waals surface area contributed by atoms with Crippen molar-refractivity contribution in [2.24, 2.45) is 0 Å². The lowest BCUT2D eigenvalue weighted by atomic mass is 10.2. The molecule has 0 aliphatic rings. The first-order valence-electron chi connectivity index (χ1n) is 7.06. The van der Waals surface area contributed by atoms with Gasteiger partial charge in [-0.1, -0.05) is 0 Å². The number of ether oxygens (including phenoxy) is 1. The van der Waals surface area contributed by atoms with Crippen LogP contribution in [0.4, 0.5) is 5.95 Å². The zero-order chi connectivity index (χ0) is 17.9. The second kappa shape index (κ2) is 6.73. The number of methoxy groups -OCH3 is 1. The number of carbonyl (C=O) groups excluding carboxylic acids is 1. The Bertz CT molecular complexity index is 979. The van der Waals surface area contributed by atoms with Gasteiger partial charge in [0.05, 0.1) is 24.4 Å². The highest BCUT2D eigenvalue weighted by Gasteiger charge is 2.16. The number of sulfonamides is 1. The molecule has 8 nitrogen and oxygen atoms in total. The third kappa shape index (κ3) is 3.66. The van der Waals surface area contributed by atoms with Crippen LogP contribution in [0.3, 0.4) is 0 Å². The molecular weight excluding hydrogens is 346 g/mol. The van der Waals surface area contributed by atoms with Crippen molar-refractivity contribution in [1.29, 1.82) is 0 Å². The van der Waals surface area contributed by atoms with E-state index in [1.165, 1.54) is 37.7 Å². The zero-order valence-corrected chi connectivity index (χ0v) is 13.9. The average molecular weight is 359 g/mol. The molecular formula is C16H13N3O5S. The van der Waals surface area contributed by atoms with Crippen LogP contribution in [-0.2, 0) is 10.0 Å². The van der Waals surface area contributed by atoms with Crippen LogP contribution in [0, 0.1) is 0 Å². The lowest BCUT2D eigenvalue weighted by molar-refractivity contribution is 0.110. The summed E-state index contributed by atoms with van der Waals surface area (Å²) in [6.45, 7) is 0. The fourth-order valence-corrected chi connectivity index (χ4v) is 2.98. The summed E-state index contributed by atoms with van der Waals surface area (Å²) >= 11 is 0. The minimum Gasteiger partial charge on any atom is -0.494 e. The lowest BCUT2D eigenvalue weighted by Crippen LogP contribution is -2.14. The highest BCUT2D eigenvalue weighted by Crippen LogP contribution is 2.24. The summed E-state index contributed by atoms with van der Waals surface area (Å²) in [6, 6.07) is 9.18. The van der Waals surface area contributed by atoms with Gasteiger partial charge in [-0.15, -0.1) is 0 Å². The maximum Gasteiger partial charge on any atom is 0.264 e. The first-order chi connectivity index (χ1) is 12.0. The molecule has 128 valence electrons. The Balaban J connectivity index is 1.80. The molecule has 0 radical (unpaired) electrons. The first kappa shape index (κ1) is 16.7. The van der Waals surface area contributed by atoms with Gasteiger partial charge in [0.1, 0.15) is 5.76 Å². The molecule has 25 heavy (non-hydrogen) atoms. The summed E-state index contributed by atoms with van der Waals surface area (Å²) in [5.74, 6) is 1.02. The van der Waals surface area contributed by atoms with Gasteiger partial charge in [0.25, 0.3) is 10.0 Å². The third-order valence-electron chi connectivity index (χ3n) is 3.28. The van der Waals surface area contributed by atoms with E-state index >= 15 is 0 Å². The highest BCUT2D eigenvalue weighted by atomic mass is 32.2. The third-order valence-corrected chi connectivity index (χ3v) is 4.63. The summed E-state index contributed by atoms with van der Waals surface area (Å²) in [4.78, 5) is 18.4. The fourth-order valence-electron chi connectivity index (χ4n) is 2.02. The van der Waals surface area contributed by atoms with E-state index < -0.39 is 10.0 Å².